The molecule has 1 aromatic rings. The van der Waals surface area contributed by atoms with Crippen molar-refractivity contribution in [3.05, 3.63) is 29.8 Å². The summed E-state index contributed by atoms with van der Waals surface area (Å²) in [6.07, 6.45) is 4.24. The summed E-state index contributed by atoms with van der Waals surface area (Å²) in [6, 6.07) is 8.08. The zero-order valence-corrected chi connectivity index (χ0v) is 15.6. The topological polar surface area (TPSA) is 32.8 Å². The third kappa shape index (κ3) is 5.23. The molecule has 0 spiro atoms. The van der Waals surface area contributed by atoms with Crippen LogP contribution in [0.4, 0.5) is 4.79 Å². The molecule has 1 aromatic carbocycles. The van der Waals surface area contributed by atoms with Crippen LogP contribution in [0.15, 0.2) is 24.3 Å². The van der Waals surface area contributed by atoms with Crippen LogP contribution >= 0.6 is 0 Å². The first-order valence-corrected chi connectivity index (χ1v) is 9.22. The van der Waals surface area contributed by atoms with Crippen LogP contribution in [0.2, 0.25) is 0 Å². The van der Waals surface area contributed by atoms with Gasteiger partial charge in [-0.25, -0.2) is 4.79 Å². The fourth-order valence-electron chi connectivity index (χ4n) is 3.72. The number of piperidine rings is 1. The van der Waals surface area contributed by atoms with Gasteiger partial charge in [-0.2, -0.15) is 0 Å². The Balaban J connectivity index is 2.05. The number of hydrogen-bond donors (Lipinski definition) is 0. The quantitative estimate of drug-likeness (QED) is 0.776. The molecule has 0 aliphatic carbocycles. The molecule has 0 aromatic heterocycles. The Hall–Kier alpha value is -1.55. The summed E-state index contributed by atoms with van der Waals surface area (Å²) in [5.74, 6) is 1.69. The summed E-state index contributed by atoms with van der Waals surface area (Å²) in [4.78, 5) is 16.3. The van der Waals surface area contributed by atoms with E-state index in [0.717, 1.165) is 38.9 Å². The molecule has 0 unspecified atom stereocenters. The van der Waals surface area contributed by atoms with Gasteiger partial charge in [0.2, 0.25) is 0 Å². The molecule has 0 N–H and O–H groups in total. The Morgan fingerprint density at radius 3 is 2.58 bits per heavy atom. The monoisotopic (exact) mass is 332 g/mol. The van der Waals surface area contributed by atoms with E-state index < -0.39 is 0 Å². The number of rotatable bonds is 6. The fourth-order valence-corrected chi connectivity index (χ4v) is 3.72. The van der Waals surface area contributed by atoms with Gasteiger partial charge in [0, 0.05) is 19.6 Å². The highest BCUT2D eigenvalue weighted by Crippen LogP contribution is 2.30. The minimum Gasteiger partial charge on any atom is -0.410 e. The minimum atomic E-state index is -0.207. The van der Waals surface area contributed by atoms with Gasteiger partial charge < -0.3 is 14.5 Å². The summed E-state index contributed by atoms with van der Waals surface area (Å²) in [5.41, 5.74) is 1.26. The summed E-state index contributed by atoms with van der Waals surface area (Å²) < 4.78 is 5.63. The van der Waals surface area contributed by atoms with E-state index in [0.29, 0.717) is 17.6 Å². The molecule has 1 aliphatic rings. The molecule has 1 saturated heterocycles. The molecule has 134 valence electrons. The molecule has 24 heavy (non-hydrogen) atoms. The van der Waals surface area contributed by atoms with Crippen LogP contribution < -0.4 is 4.74 Å². The number of benzene rings is 1. The third-order valence-corrected chi connectivity index (χ3v) is 4.89. The van der Waals surface area contributed by atoms with Crippen molar-refractivity contribution < 1.29 is 9.53 Å². The maximum absolute atomic E-state index is 12.3. The van der Waals surface area contributed by atoms with E-state index in [2.05, 4.69) is 38.9 Å². The molecule has 0 radical (unpaired) electrons. The van der Waals surface area contributed by atoms with E-state index in [-0.39, 0.29) is 6.09 Å². The van der Waals surface area contributed by atoms with Crippen molar-refractivity contribution in [2.45, 2.75) is 45.4 Å². The van der Waals surface area contributed by atoms with Crippen LogP contribution in [0, 0.1) is 5.92 Å². The van der Waals surface area contributed by atoms with Gasteiger partial charge in [-0.05, 0) is 69.3 Å². The minimum absolute atomic E-state index is 0.207. The van der Waals surface area contributed by atoms with Crippen LogP contribution in [0.1, 0.15) is 51.0 Å². The average molecular weight is 332 g/mol. The molecule has 1 fully saturated rings. The van der Waals surface area contributed by atoms with Crippen LogP contribution in [-0.4, -0.2) is 49.6 Å². The number of likely N-dealkylation sites (tertiary alicyclic amines) is 1. The lowest BCUT2D eigenvalue weighted by Gasteiger charge is -2.27. The van der Waals surface area contributed by atoms with Gasteiger partial charge in [-0.15, -0.1) is 0 Å². The van der Waals surface area contributed by atoms with Crippen molar-refractivity contribution in [3.63, 3.8) is 0 Å². The standard InChI is InChI=1S/C20H32N2O2/c1-5-19(16(2)15-21(3)4)17-10-9-11-18(14-17)24-20(23)22-12-7-6-8-13-22/h9-11,14,16,19H,5-8,12-13,15H2,1-4H3/t16-,19+/m0/s1. The SMILES string of the molecule is CC[C@@H](c1cccc(OC(=O)N2CCCCC2)c1)[C@@H](C)CN(C)C. The van der Waals surface area contributed by atoms with Gasteiger partial charge in [0.1, 0.15) is 5.75 Å². The second kappa shape index (κ2) is 9.07. The van der Waals surface area contributed by atoms with Crippen molar-refractivity contribution in [3.8, 4) is 5.75 Å². The highest BCUT2D eigenvalue weighted by Gasteiger charge is 2.21. The maximum Gasteiger partial charge on any atom is 0.415 e. The Morgan fingerprint density at radius 2 is 1.96 bits per heavy atom. The molecule has 0 saturated carbocycles. The van der Waals surface area contributed by atoms with Crippen LogP contribution in [-0.2, 0) is 0 Å². The zero-order chi connectivity index (χ0) is 17.5. The van der Waals surface area contributed by atoms with Crippen molar-refractivity contribution in [2.75, 3.05) is 33.7 Å². The number of amides is 1. The van der Waals surface area contributed by atoms with E-state index in [1.165, 1.54) is 12.0 Å². The van der Waals surface area contributed by atoms with Crippen molar-refractivity contribution in [2.24, 2.45) is 5.92 Å². The lowest BCUT2D eigenvalue weighted by molar-refractivity contribution is 0.142. The highest BCUT2D eigenvalue weighted by atomic mass is 16.6. The summed E-state index contributed by atoms with van der Waals surface area (Å²) in [6.45, 7) is 7.20. The summed E-state index contributed by atoms with van der Waals surface area (Å²) in [5, 5.41) is 0. The van der Waals surface area contributed by atoms with Crippen molar-refractivity contribution in [1.82, 2.24) is 9.80 Å². The second-order valence-electron chi connectivity index (χ2n) is 7.24. The van der Waals surface area contributed by atoms with Crippen LogP contribution in [0.3, 0.4) is 0 Å². The first-order chi connectivity index (χ1) is 11.5. The Bertz CT molecular complexity index is 524. The van der Waals surface area contributed by atoms with Gasteiger partial charge in [0.15, 0.2) is 0 Å². The fraction of sp³-hybridized carbons (Fsp3) is 0.650. The van der Waals surface area contributed by atoms with E-state index in [1.54, 1.807) is 0 Å². The first-order valence-electron chi connectivity index (χ1n) is 9.22. The van der Waals surface area contributed by atoms with Crippen LogP contribution in [0.5, 0.6) is 5.75 Å². The zero-order valence-electron chi connectivity index (χ0n) is 15.6. The molecule has 1 aliphatic heterocycles. The normalized spacial score (nSPS) is 17.6. The van der Waals surface area contributed by atoms with E-state index in [9.17, 15) is 4.79 Å². The van der Waals surface area contributed by atoms with Gasteiger partial charge in [0.25, 0.3) is 0 Å². The number of hydrogen-bond acceptors (Lipinski definition) is 3. The van der Waals surface area contributed by atoms with Crippen molar-refractivity contribution >= 4 is 6.09 Å². The van der Waals surface area contributed by atoms with Gasteiger partial charge in [0.05, 0.1) is 0 Å². The predicted molar refractivity (Wildman–Crippen MR) is 98.6 cm³/mol. The van der Waals surface area contributed by atoms with Crippen LogP contribution in [0.25, 0.3) is 0 Å². The molecule has 2 rings (SSSR count). The molecule has 0 bridgehead atoms. The van der Waals surface area contributed by atoms with E-state index >= 15 is 0 Å². The molecule has 1 amide bonds. The van der Waals surface area contributed by atoms with E-state index in [1.807, 2.05) is 23.1 Å². The van der Waals surface area contributed by atoms with E-state index in [4.69, 9.17) is 4.74 Å². The second-order valence-corrected chi connectivity index (χ2v) is 7.24. The predicted octanol–water partition coefficient (Wildman–Crippen LogP) is 4.36. The summed E-state index contributed by atoms with van der Waals surface area (Å²) >= 11 is 0. The smallest absolute Gasteiger partial charge is 0.410 e. The lowest BCUT2D eigenvalue weighted by Crippen LogP contribution is -2.37. The van der Waals surface area contributed by atoms with Gasteiger partial charge in [-0.3, -0.25) is 0 Å². The first kappa shape index (κ1) is 18.8. The van der Waals surface area contributed by atoms with Crippen molar-refractivity contribution in [1.29, 1.82) is 0 Å². The Kier molecular flexibility index (Phi) is 7.10. The largest absolute Gasteiger partial charge is 0.415 e. The Morgan fingerprint density at radius 1 is 1.25 bits per heavy atom. The maximum atomic E-state index is 12.3. The summed E-state index contributed by atoms with van der Waals surface area (Å²) in [7, 11) is 4.22. The molecule has 1 heterocycles. The lowest BCUT2D eigenvalue weighted by atomic mass is 9.85. The molecule has 2 atom stereocenters. The average Bonchev–Trinajstić information content (AvgIpc) is 2.56. The third-order valence-electron chi connectivity index (χ3n) is 4.89. The molecule has 4 heteroatoms. The number of carbonyl (C=O) groups is 1. The highest BCUT2D eigenvalue weighted by molar-refractivity contribution is 5.70. The number of ether oxygens (including phenoxy) is 1. The van der Waals surface area contributed by atoms with Gasteiger partial charge in [-0.1, -0.05) is 26.0 Å². The molecule has 4 nitrogen and oxygen atoms in total. The number of carbonyl (C=O) groups excluding carboxylic acids is 1. The number of nitrogens with zero attached hydrogens (tertiary/aromatic N) is 2. The molecular weight excluding hydrogens is 300 g/mol. The Labute approximate surface area is 146 Å². The van der Waals surface area contributed by atoms with Gasteiger partial charge >= 0.3 is 6.09 Å². The molecular formula is C20H32N2O2.